The summed E-state index contributed by atoms with van der Waals surface area (Å²) in [6.45, 7) is 6.37. The highest BCUT2D eigenvalue weighted by atomic mass is 19.4. The maximum Gasteiger partial charge on any atom is 0.416 e. The van der Waals surface area contributed by atoms with Gasteiger partial charge in [-0.1, -0.05) is 32.9 Å². The lowest BCUT2D eigenvalue weighted by atomic mass is 9.92. The van der Waals surface area contributed by atoms with Crippen molar-refractivity contribution in [2.75, 3.05) is 23.0 Å². The van der Waals surface area contributed by atoms with Crippen LogP contribution in [0.3, 0.4) is 0 Å². The molecule has 0 aliphatic heterocycles. The molecule has 0 radical (unpaired) electrons. The number of nitrogens with one attached hydrogen (secondary N) is 1. The number of carbonyl (C=O) groups excluding carboxylic acids is 1. The van der Waals surface area contributed by atoms with Crippen LogP contribution in [0.1, 0.15) is 38.3 Å². The van der Waals surface area contributed by atoms with Gasteiger partial charge in [0.2, 0.25) is 5.91 Å². The normalized spacial score (nSPS) is 12.0. The summed E-state index contributed by atoms with van der Waals surface area (Å²) >= 11 is 0. The summed E-state index contributed by atoms with van der Waals surface area (Å²) in [4.78, 5) is 14.0. The molecule has 2 rings (SSSR count). The van der Waals surface area contributed by atoms with Gasteiger partial charge in [-0.15, -0.1) is 0 Å². The largest absolute Gasteiger partial charge is 0.416 e. The Bertz CT molecular complexity index is 824. The molecule has 0 bridgehead atoms. The lowest BCUT2D eigenvalue weighted by Crippen LogP contribution is -2.20. The molecule has 2 aromatic carbocycles. The monoisotopic (exact) mass is 393 g/mol. The standard InChI is InChI=1S/C21H26F3N3O/c1-20(2,3)12-19(28)26-18-10-9-16(11-17(18)25)27(4)13-14-5-7-15(8-6-14)21(22,23)24/h5-11H,12-13,25H2,1-4H3,(H,26,28). The number of nitrogens with two attached hydrogens (primary N) is 1. The molecule has 0 aliphatic carbocycles. The fourth-order valence-corrected chi connectivity index (χ4v) is 2.74. The van der Waals surface area contributed by atoms with Crippen molar-refractivity contribution >= 4 is 23.0 Å². The first-order valence-electron chi connectivity index (χ1n) is 8.92. The summed E-state index contributed by atoms with van der Waals surface area (Å²) < 4.78 is 38.0. The molecule has 0 aromatic heterocycles. The average molecular weight is 393 g/mol. The van der Waals surface area contributed by atoms with Crippen molar-refractivity contribution in [2.24, 2.45) is 5.41 Å². The molecule has 0 unspecified atom stereocenters. The molecule has 3 N–H and O–H groups in total. The van der Waals surface area contributed by atoms with Gasteiger partial charge >= 0.3 is 6.18 Å². The number of halogens is 3. The first-order valence-corrected chi connectivity index (χ1v) is 8.92. The molecule has 28 heavy (non-hydrogen) atoms. The molecule has 7 heteroatoms. The van der Waals surface area contributed by atoms with Gasteiger partial charge in [0.25, 0.3) is 0 Å². The lowest BCUT2D eigenvalue weighted by Gasteiger charge is -2.22. The van der Waals surface area contributed by atoms with Crippen LogP contribution in [0, 0.1) is 5.41 Å². The van der Waals surface area contributed by atoms with Crippen LogP contribution in [0.4, 0.5) is 30.2 Å². The van der Waals surface area contributed by atoms with E-state index in [1.807, 2.05) is 38.8 Å². The van der Waals surface area contributed by atoms with E-state index in [1.165, 1.54) is 12.1 Å². The topological polar surface area (TPSA) is 58.4 Å². The van der Waals surface area contributed by atoms with Crippen LogP contribution in [-0.2, 0) is 17.5 Å². The number of benzene rings is 2. The van der Waals surface area contributed by atoms with E-state index < -0.39 is 11.7 Å². The van der Waals surface area contributed by atoms with E-state index in [0.29, 0.717) is 24.3 Å². The predicted molar refractivity (Wildman–Crippen MR) is 107 cm³/mol. The highest BCUT2D eigenvalue weighted by Gasteiger charge is 2.29. The van der Waals surface area contributed by atoms with Gasteiger partial charge in [0.1, 0.15) is 0 Å². The molecule has 0 atom stereocenters. The number of rotatable bonds is 5. The van der Waals surface area contributed by atoms with Gasteiger partial charge in [0.15, 0.2) is 0 Å². The van der Waals surface area contributed by atoms with Gasteiger partial charge in [0.05, 0.1) is 16.9 Å². The molecule has 152 valence electrons. The SMILES string of the molecule is CN(Cc1ccc(C(F)(F)F)cc1)c1ccc(NC(=O)CC(C)(C)C)c(N)c1. The minimum Gasteiger partial charge on any atom is -0.397 e. The van der Waals surface area contributed by atoms with E-state index in [9.17, 15) is 18.0 Å². The Balaban J connectivity index is 2.05. The Morgan fingerprint density at radius 3 is 2.18 bits per heavy atom. The Kier molecular flexibility index (Phi) is 6.27. The molecule has 0 saturated heterocycles. The Morgan fingerprint density at radius 2 is 1.68 bits per heavy atom. The van der Waals surface area contributed by atoms with Crippen LogP contribution in [0.15, 0.2) is 42.5 Å². The number of alkyl halides is 3. The minimum atomic E-state index is -4.34. The maximum atomic E-state index is 12.7. The van der Waals surface area contributed by atoms with E-state index in [0.717, 1.165) is 23.4 Å². The zero-order chi connectivity index (χ0) is 21.1. The van der Waals surface area contributed by atoms with Crippen molar-refractivity contribution in [3.8, 4) is 0 Å². The third-order valence-electron chi connectivity index (χ3n) is 4.14. The first kappa shape index (κ1) is 21.6. The molecule has 2 aromatic rings. The zero-order valence-corrected chi connectivity index (χ0v) is 16.5. The number of hydrogen-bond acceptors (Lipinski definition) is 3. The van der Waals surface area contributed by atoms with Crippen molar-refractivity contribution in [3.05, 3.63) is 53.6 Å². The second-order valence-electron chi connectivity index (χ2n) is 8.11. The number of anilines is 3. The smallest absolute Gasteiger partial charge is 0.397 e. The lowest BCUT2D eigenvalue weighted by molar-refractivity contribution is -0.137. The van der Waals surface area contributed by atoms with E-state index in [-0.39, 0.29) is 11.3 Å². The van der Waals surface area contributed by atoms with E-state index in [1.54, 1.807) is 12.1 Å². The molecular formula is C21H26F3N3O. The molecular weight excluding hydrogens is 367 g/mol. The van der Waals surface area contributed by atoms with Gasteiger partial charge in [-0.2, -0.15) is 13.2 Å². The Morgan fingerprint density at radius 1 is 1.07 bits per heavy atom. The predicted octanol–water partition coefficient (Wildman–Crippen LogP) is 5.30. The van der Waals surface area contributed by atoms with Crippen LogP contribution in [-0.4, -0.2) is 13.0 Å². The van der Waals surface area contributed by atoms with Crippen molar-refractivity contribution in [1.29, 1.82) is 0 Å². The van der Waals surface area contributed by atoms with Crippen LogP contribution in [0.2, 0.25) is 0 Å². The van der Waals surface area contributed by atoms with Gasteiger partial charge in [-0.05, 0) is 41.3 Å². The second kappa shape index (κ2) is 8.12. The Labute approximate surface area is 163 Å². The van der Waals surface area contributed by atoms with Gasteiger partial charge in [-0.3, -0.25) is 4.79 Å². The fraction of sp³-hybridized carbons (Fsp3) is 0.381. The number of nitrogens with zero attached hydrogens (tertiary/aromatic N) is 1. The van der Waals surface area contributed by atoms with E-state index >= 15 is 0 Å². The van der Waals surface area contributed by atoms with Gasteiger partial charge in [-0.25, -0.2) is 0 Å². The molecule has 0 saturated carbocycles. The minimum absolute atomic E-state index is 0.106. The van der Waals surface area contributed by atoms with E-state index in [2.05, 4.69) is 5.32 Å². The third kappa shape index (κ3) is 6.18. The molecule has 0 fully saturated rings. The summed E-state index contributed by atoms with van der Waals surface area (Å²) in [5, 5.41) is 2.81. The molecule has 0 aliphatic rings. The number of carbonyl (C=O) groups is 1. The maximum absolute atomic E-state index is 12.7. The van der Waals surface area contributed by atoms with Crippen molar-refractivity contribution in [2.45, 2.75) is 39.9 Å². The van der Waals surface area contributed by atoms with E-state index in [4.69, 9.17) is 5.73 Å². The number of nitrogen functional groups attached to an aromatic ring is 1. The van der Waals surface area contributed by atoms with Crippen LogP contribution >= 0.6 is 0 Å². The third-order valence-corrected chi connectivity index (χ3v) is 4.14. The molecule has 0 heterocycles. The summed E-state index contributed by atoms with van der Waals surface area (Å²) in [5.41, 5.74) is 7.79. The van der Waals surface area contributed by atoms with Crippen LogP contribution < -0.4 is 16.0 Å². The van der Waals surface area contributed by atoms with Gasteiger partial charge < -0.3 is 16.0 Å². The summed E-state index contributed by atoms with van der Waals surface area (Å²) in [6, 6.07) is 10.3. The average Bonchev–Trinajstić information content (AvgIpc) is 2.54. The summed E-state index contributed by atoms with van der Waals surface area (Å²) in [6.07, 6.45) is -3.96. The van der Waals surface area contributed by atoms with Crippen molar-refractivity contribution in [3.63, 3.8) is 0 Å². The summed E-state index contributed by atoms with van der Waals surface area (Å²) in [7, 11) is 1.82. The van der Waals surface area contributed by atoms with Crippen molar-refractivity contribution in [1.82, 2.24) is 0 Å². The quantitative estimate of drug-likeness (QED) is 0.678. The summed E-state index contributed by atoms with van der Waals surface area (Å²) in [5.74, 6) is -0.106. The van der Waals surface area contributed by atoms with Gasteiger partial charge in [0, 0.05) is 25.7 Å². The van der Waals surface area contributed by atoms with Crippen LogP contribution in [0.25, 0.3) is 0 Å². The zero-order valence-electron chi connectivity index (χ0n) is 16.5. The Hall–Kier alpha value is -2.70. The van der Waals surface area contributed by atoms with Crippen molar-refractivity contribution < 1.29 is 18.0 Å². The van der Waals surface area contributed by atoms with Crippen LogP contribution in [0.5, 0.6) is 0 Å². The number of hydrogen-bond donors (Lipinski definition) is 2. The highest BCUT2D eigenvalue weighted by molar-refractivity contribution is 5.94. The highest BCUT2D eigenvalue weighted by Crippen LogP contribution is 2.30. The molecule has 4 nitrogen and oxygen atoms in total. The molecule has 1 amide bonds. The second-order valence-corrected chi connectivity index (χ2v) is 8.11. The first-order chi connectivity index (χ1) is 12.8. The fourth-order valence-electron chi connectivity index (χ4n) is 2.74. The molecule has 0 spiro atoms. The number of amides is 1.